The minimum absolute atomic E-state index is 0.00198. The first-order valence-corrected chi connectivity index (χ1v) is 11.6. The highest BCUT2D eigenvalue weighted by Gasteiger charge is 2.34. The van der Waals surface area contributed by atoms with Crippen molar-refractivity contribution in [2.45, 2.75) is 4.90 Å². The molecule has 0 bridgehead atoms. The lowest BCUT2D eigenvalue weighted by molar-refractivity contribution is -0.122. The number of carbonyl (C=O) groups excluding carboxylic acids is 3. The molecule has 8 nitrogen and oxygen atoms in total. The Bertz CT molecular complexity index is 1140. The zero-order chi connectivity index (χ0) is 22.6. The van der Waals surface area contributed by atoms with Crippen LogP contribution in [0.3, 0.4) is 0 Å². The Balaban J connectivity index is 1.62. The second kappa shape index (κ2) is 9.46. The van der Waals surface area contributed by atoms with Crippen LogP contribution in [0.1, 0.15) is 15.9 Å². The number of nitrogens with one attached hydrogen (secondary N) is 1. The van der Waals surface area contributed by atoms with E-state index in [9.17, 15) is 22.8 Å². The Hall–Kier alpha value is -2.95. The van der Waals surface area contributed by atoms with E-state index in [-0.39, 0.29) is 23.5 Å². The van der Waals surface area contributed by atoms with Gasteiger partial charge in [0.15, 0.2) is 0 Å². The molecule has 2 aromatic rings. The average Bonchev–Trinajstić information content (AvgIpc) is 3.01. The van der Waals surface area contributed by atoms with Crippen molar-refractivity contribution in [3.05, 3.63) is 70.6 Å². The lowest BCUT2D eigenvalue weighted by Gasteiger charge is -2.14. The van der Waals surface area contributed by atoms with E-state index in [1.807, 2.05) is 30.3 Å². The number of hydrogen-bond acceptors (Lipinski definition) is 6. The minimum Gasteiger partial charge on any atom is -0.350 e. The molecule has 0 radical (unpaired) electrons. The van der Waals surface area contributed by atoms with Gasteiger partial charge in [0, 0.05) is 32.7 Å². The van der Waals surface area contributed by atoms with Crippen molar-refractivity contribution < 1.29 is 22.8 Å². The molecule has 0 atom stereocenters. The van der Waals surface area contributed by atoms with Gasteiger partial charge in [-0.15, -0.1) is 0 Å². The first kappa shape index (κ1) is 22.7. The van der Waals surface area contributed by atoms with Crippen LogP contribution in [0.2, 0.25) is 0 Å². The molecule has 1 fully saturated rings. The minimum atomic E-state index is -3.67. The van der Waals surface area contributed by atoms with E-state index in [0.717, 1.165) is 26.5 Å². The van der Waals surface area contributed by atoms with Crippen LogP contribution in [0, 0.1) is 0 Å². The summed E-state index contributed by atoms with van der Waals surface area (Å²) in [4.78, 5) is 38.5. The first-order chi connectivity index (χ1) is 14.7. The van der Waals surface area contributed by atoms with Crippen LogP contribution in [0.5, 0.6) is 0 Å². The number of sulfonamides is 1. The van der Waals surface area contributed by atoms with E-state index >= 15 is 0 Å². The Morgan fingerprint density at radius 3 is 2.48 bits per heavy atom. The van der Waals surface area contributed by atoms with Gasteiger partial charge in [-0.1, -0.05) is 36.4 Å². The van der Waals surface area contributed by atoms with Crippen molar-refractivity contribution in [3.63, 3.8) is 0 Å². The predicted molar refractivity (Wildman–Crippen MR) is 119 cm³/mol. The third-order valence-corrected chi connectivity index (χ3v) is 7.19. The molecular weight excluding hydrogens is 438 g/mol. The summed E-state index contributed by atoms with van der Waals surface area (Å²) in [7, 11) is -0.851. The van der Waals surface area contributed by atoms with E-state index in [1.165, 1.54) is 38.4 Å². The SMILES string of the molecule is CN(C)S(=O)(=O)c1cccc(C(=O)NCCN2C(=O)S/C(=C\c3ccccc3)C2=O)c1. The number of benzene rings is 2. The Morgan fingerprint density at radius 1 is 1.10 bits per heavy atom. The maximum atomic E-state index is 12.5. The van der Waals surface area contributed by atoms with Crippen LogP contribution in [0.25, 0.3) is 6.08 Å². The molecule has 0 unspecified atom stereocenters. The summed E-state index contributed by atoms with van der Waals surface area (Å²) in [5.41, 5.74) is 0.981. The molecule has 10 heteroatoms. The number of carbonyl (C=O) groups is 3. The van der Waals surface area contributed by atoms with Crippen molar-refractivity contribution in [2.24, 2.45) is 0 Å². The molecule has 2 aromatic carbocycles. The fourth-order valence-electron chi connectivity index (χ4n) is 2.79. The summed E-state index contributed by atoms with van der Waals surface area (Å²) in [6.45, 7) is 0.0539. The van der Waals surface area contributed by atoms with Gasteiger partial charge < -0.3 is 5.32 Å². The molecule has 1 N–H and O–H groups in total. The Kier molecular flexibility index (Phi) is 6.94. The largest absolute Gasteiger partial charge is 0.350 e. The summed E-state index contributed by atoms with van der Waals surface area (Å²) >= 11 is 0.854. The quantitative estimate of drug-likeness (QED) is 0.638. The van der Waals surface area contributed by atoms with Crippen molar-refractivity contribution in [2.75, 3.05) is 27.2 Å². The Labute approximate surface area is 185 Å². The van der Waals surface area contributed by atoms with Crippen LogP contribution in [0.15, 0.2) is 64.4 Å². The van der Waals surface area contributed by atoms with Gasteiger partial charge in [-0.05, 0) is 41.6 Å². The van der Waals surface area contributed by atoms with Gasteiger partial charge in [0.2, 0.25) is 10.0 Å². The van der Waals surface area contributed by atoms with Gasteiger partial charge in [0.1, 0.15) is 0 Å². The highest BCUT2D eigenvalue weighted by Crippen LogP contribution is 2.31. The topological polar surface area (TPSA) is 104 Å². The summed E-state index contributed by atoms with van der Waals surface area (Å²) < 4.78 is 25.5. The van der Waals surface area contributed by atoms with Crippen molar-refractivity contribution in [3.8, 4) is 0 Å². The number of imide groups is 1. The number of thioether (sulfide) groups is 1. The van der Waals surface area contributed by atoms with E-state index in [0.29, 0.717) is 4.91 Å². The highest BCUT2D eigenvalue weighted by molar-refractivity contribution is 8.18. The van der Waals surface area contributed by atoms with Crippen molar-refractivity contribution in [1.29, 1.82) is 0 Å². The summed E-state index contributed by atoms with van der Waals surface area (Å²) in [6, 6.07) is 14.9. The molecule has 1 heterocycles. The molecule has 31 heavy (non-hydrogen) atoms. The number of nitrogens with zero attached hydrogens (tertiary/aromatic N) is 2. The molecule has 0 aliphatic carbocycles. The van der Waals surface area contributed by atoms with E-state index in [1.54, 1.807) is 6.08 Å². The van der Waals surface area contributed by atoms with E-state index in [4.69, 9.17) is 0 Å². The average molecular weight is 460 g/mol. The van der Waals surface area contributed by atoms with Crippen molar-refractivity contribution in [1.82, 2.24) is 14.5 Å². The molecule has 1 saturated heterocycles. The lowest BCUT2D eigenvalue weighted by atomic mass is 10.2. The van der Waals surface area contributed by atoms with Gasteiger partial charge in [0.25, 0.3) is 17.1 Å². The summed E-state index contributed by atoms with van der Waals surface area (Å²) in [6.07, 6.45) is 1.65. The molecule has 0 spiro atoms. The second-order valence-electron chi connectivity index (χ2n) is 6.82. The highest BCUT2D eigenvalue weighted by atomic mass is 32.2. The number of hydrogen-bond donors (Lipinski definition) is 1. The zero-order valence-corrected chi connectivity index (χ0v) is 18.6. The van der Waals surface area contributed by atoms with Crippen LogP contribution in [-0.4, -0.2) is 61.9 Å². The number of rotatable bonds is 7. The normalized spacial score (nSPS) is 15.7. The first-order valence-electron chi connectivity index (χ1n) is 9.31. The maximum Gasteiger partial charge on any atom is 0.293 e. The van der Waals surface area contributed by atoms with Gasteiger partial charge in [0.05, 0.1) is 9.80 Å². The summed E-state index contributed by atoms with van der Waals surface area (Å²) in [5, 5.41) is 2.21. The fraction of sp³-hybridized carbons (Fsp3) is 0.190. The molecule has 1 aliphatic heterocycles. The predicted octanol–water partition coefficient (Wildman–Crippen LogP) is 2.40. The molecule has 3 amide bonds. The van der Waals surface area contributed by atoms with Gasteiger partial charge in [-0.25, -0.2) is 12.7 Å². The molecular formula is C21H21N3O5S2. The van der Waals surface area contributed by atoms with Gasteiger partial charge in [-0.3, -0.25) is 19.3 Å². The van der Waals surface area contributed by atoms with E-state index < -0.39 is 27.1 Å². The van der Waals surface area contributed by atoms with Gasteiger partial charge in [-0.2, -0.15) is 0 Å². The van der Waals surface area contributed by atoms with Crippen molar-refractivity contribution >= 4 is 44.9 Å². The van der Waals surface area contributed by atoms with Gasteiger partial charge >= 0.3 is 0 Å². The summed E-state index contributed by atoms with van der Waals surface area (Å²) in [5.74, 6) is -0.908. The molecule has 1 aliphatic rings. The smallest absolute Gasteiger partial charge is 0.293 e. The fourth-order valence-corrected chi connectivity index (χ4v) is 4.60. The maximum absolute atomic E-state index is 12.5. The molecule has 3 rings (SSSR count). The van der Waals surface area contributed by atoms with E-state index in [2.05, 4.69) is 5.32 Å². The molecule has 0 aromatic heterocycles. The second-order valence-corrected chi connectivity index (χ2v) is 9.96. The molecule has 162 valence electrons. The van der Waals surface area contributed by atoms with Crippen LogP contribution in [-0.2, 0) is 14.8 Å². The molecule has 0 saturated carbocycles. The lowest BCUT2D eigenvalue weighted by Crippen LogP contribution is -2.37. The van der Waals surface area contributed by atoms with Crippen LogP contribution >= 0.6 is 11.8 Å². The third kappa shape index (κ3) is 5.22. The van der Waals surface area contributed by atoms with Crippen LogP contribution in [0.4, 0.5) is 4.79 Å². The van der Waals surface area contributed by atoms with Crippen LogP contribution < -0.4 is 5.32 Å². The third-order valence-electron chi connectivity index (χ3n) is 4.47. The monoisotopic (exact) mass is 459 g/mol. The zero-order valence-electron chi connectivity index (χ0n) is 16.9. The standard InChI is InChI=1S/C21H21N3O5S2/c1-23(2)31(28,29)17-10-6-9-16(14-17)19(25)22-11-12-24-20(26)18(30-21(24)27)13-15-7-4-3-5-8-15/h3-10,13-14H,11-12H2,1-2H3,(H,22,25)/b18-13-. The number of amides is 3. The Morgan fingerprint density at radius 2 is 1.81 bits per heavy atom.